The number of aryl methyl sites for hydroxylation is 1. The summed E-state index contributed by atoms with van der Waals surface area (Å²) in [6.45, 7) is -0.176. The van der Waals surface area contributed by atoms with Crippen molar-refractivity contribution in [3.8, 4) is 5.82 Å². The van der Waals surface area contributed by atoms with Gasteiger partial charge in [0.25, 0.3) is 5.56 Å². The van der Waals surface area contributed by atoms with Crippen molar-refractivity contribution in [2.75, 3.05) is 5.32 Å². The van der Waals surface area contributed by atoms with Crippen molar-refractivity contribution >= 4 is 22.9 Å². The van der Waals surface area contributed by atoms with Crippen LogP contribution in [0.2, 0.25) is 0 Å². The highest BCUT2D eigenvalue weighted by atomic mass is 16.2. The average molecular weight is 381 g/mol. The van der Waals surface area contributed by atoms with E-state index in [1.165, 1.54) is 40.6 Å². The first-order chi connectivity index (χ1) is 13.5. The summed E-state index contributed by atoms with van der Waals surface area (Å²) in [5.74, 6) is 0.364. The van der Waals surface area contributed by atoms with Gasteiger partial charge in [0, 0.05) is 32.6 Å². The van der Waals surface area contributed by atoms with Gasteiger partial charge in [-0.3, -0.25) is 18.7 Å². The molecular weight excluding hydrogens is 366 g/mol. The van der Waals surface area contributed by atoms with E-state index in [2.05, 4.69) is 25.4 Å². The van der Waals surface area contributed by atoms with Crippen LogP contribution in [-0.4, -0.2) is 44.3 Å². The lowest BCUT2D eigenvalue weighted by molar-refractivity contribution is -0.116. The van der Waals surface area contributed by atoms with Gasteiger partial charge >= 0.3 is 5.69 Å². The minimum absolute atomic E-state index is 0.166. The normalized spacial score (nSPS) is 11.1. The zero-order valence-corrected chi connectivity index (χ0v) is 15.0. The van der Waals surface area contributed by atoms with Gasteiger partial charge in [-0.25, -0.2) is 24.4 Å². The molecule has 4 heterocycles. The highest BCUT2D eigenvalue weighted by Crippen LogP contribution is 2.09. The molecule has 0 aromatic carbocycles. The van der Waals surface area contributed by atoms with Crippen LogP contribution in [0.5, 0.6) is 0 Å². The topological polar surface area (TPSA) is 135 Å². The van der Waals surface area contributed by atoms with Crippen molar-refractivity contribution in [2.24, 2.45) is 14.1 Å². The van der Waals surface area contributed by atoms with E-state index in [1.807, 2.05) is 0 Å². The number of aromatic nitrogens is 8. The van der Waals surface area contributed by atoms with E-state index >= 15 is 0 Å². The molecule has 28 heavy (non-hydrogen) atoms. The largest absolute Gasteiger partial charge is 0.332 e. The molecule has 0 saturated carbocycles. The van der Waals surface area contributed by atoms with Crippen molar-refractivity contribution in [1.82, 2.24) is 38.4 Å². The van der Waals surface area contributed by atoms with Crippen molar-refractivity contribution in [3.63, 3.8) is 0 Å². The molecule has 1 amide bonds. The number of fused-ring (bicyclic) bond motifs is 1. The quantitative estimate of drug-likeness (QED) is 0.481. The van der Waals surface area contributed by atoms with Crippen LogP contribution in [-0.2, 0) is 25.4 Å². The third-order valence-electron chi connectivity index (χ3n) is 4.19. The minimum Gasteiger partial charge on any atom is -0.315 e. The zero-order valence-electron chi connectivity index (χ0n) is 15.0. The average Bonchev–Trinajstić information content (AvgIpc) is 3.35. The van der Waals surface area contributed by atoms with Crippen LogP contribution in [0, 0.1) is 0 Å². The van der Waals surface area contributed by atoms with Gasteiger partial charge in [0.15, 0.2) is 17.0 Å². The van der Waals surface area contributed by atoms with Crippen LogP contribution in [0.3, 0.4) is 0 Å². The van der Waals surface area contributed by atoms with Gasteiger partial charge < -0.3 is 9.88 Å². The number of carbonyl (C=O) groups is 1. The number of amides is 1. The number of carbonyl (C=O) groups excluding carboxylic acids is 1. The minimum atomic E-state index is -0.522. The number of imidazole rings is 1. The fourth-order valence-corrected chi connectivity index (χ4v) is 2.80. The van der Waals surface area contributed by atoms with Crippen molar-refractivity contribution < 1.29 is 4.79 Å². The molecule has 0 saturated heterocycles. The Hall–Kier alpha value is -4.09. The molecule has 0 spiro atoms. The van der Waals surface area contributed by atoms with Crippen LogP contribution in [0.4, 0.5) is 5.82 Å². The summed E-state index contributed by atoms with van der Waals surface area (Å²) in [6.07, 6.45) is 5.98. The molecule has 1 N–H and O–H groups in total. The van der Waals surface area contributed by atoms with Crippen molar-refractivity contribution in [3.05, 3.63) is 58.0 Å². The summed E-state index contributed by atoms with van der Waals surface area (Å²) in [4.78, 5) is 49.1. The fraction of sp³-hybridized carbons (Fsp3) is 0.188. The second-order valence-electron chi connectivity index (χ2n) is 6.01. The second kappa shape index (κ2) is 6.57. The molecule has 0 aliphatic rings. The molecule has 0 aliphatic heterocycles. The smallest absolute Gasteiger partial charge is 0.315 e. The lowest BCUT2D eigenvalue weighted by atomic mass is 10.4. The highest BCUT2D eigenvalue weighted by molar-refractivity contribution is 5.90. The molecule has 4 rings (SSSR count). The van der Waals surface area contributed by atoms with Crippen molar-refractivity contribution in [1.29, 1.82) is 0 Å². The predicted molar refractivity (Wildman–Crippen MR) is 98.0 cm³/mol. The third kappa shape index (κ3) is 2.86. The van der Waals surface area contributed by atoms with Crippen LogP contribution < -0.4 is 16.6 Å². The maximum Gasteiger partial charge on any atom is 0.332 e. The van der Waals surface area contributed by atoms with E-state index in [0.29, 0.717) is 5.82 Å². The van der Waals surface area contributed by atoms with Gasteiger partial charge in [-0.05, 0) is 6.07 Å². The molecule has 4 aromatic rings. The fourth-order valence-electron chi connectivity index (χ4n) is 2.80. The highest BCUT2D eigenvalue weighted by Gasteiger charge is 2.16. The summed E-state index contributed by atoms with van der Waals surface area (Å²) < 4.78 is 5.15. The predicted octanol–water partition coefficient (Wildman–Crippen LogP) is -0.952. The Kier molecular flexibility index (Phi) is 4.07. The van der Waals surface area contributed by atoms with E-state index in [9.17, 15) is 14.4 Å². The van der Waals surface area contributed by atoms with Crippen molar-refractivity contribution in [2.45, 2.75) is 6.54 Å². The lowest BCUT2D eigenvalue weighted by Gasteiger charge is -2.08. The lowest BCUT2D eigenvalue weighted by Crippen LogP contribution is -2.37. The summed E-state index contributed by atoms with van der Waals surface area (Å²) in [5, 5.41) is 6.72. The molecule has 0 radical (unpaired) electrons. The number of hydrogen-bond donors (Lipinski definition) is 1. The molecule has 0 fully saturated rings. The first kappa shape index (κ1) is 17.3. The van der Waals surface area contributed by atoms with Crippen LogP contribution in [0.15, 0.2) is 46.8 Å². The van der Waals surface area contributed by atoms with E-state index in [4.69, 9.17) is 0 Å². The maximum atomic E-state index is 12.4. The van der Waals surface area contributed by atoms with E-state index < -0.39 is 17.2 Å². The molecule has 0 atom stereocenters. The number of anilines is 1. The Morgan fingerprint density at radius 3 is 2.71 bits per heavy atom. The standard InChI is InChI=1S/C16H15N9O3/c1-22-14-13(15(27)23(2)16(22)28)24(9-19-14)7-12(26)21-10-6-11(18-8-17-10)25-5-3-4-20-25/h3-6,8-9H,7H2,1-2H3,(H,17,18,21,26). The Bertz CT molecular complexity index is 1300. The molecule has 12 nitrogen and oxygen atoms in total. The first-order valence-electron chi connectivity index (χ1n) is 8.18. The Balaban J connectivity index is 1.61. The van der Waals surface area contributed by atoms with E-state index in [0.717, 1.165) is 4.57 Å². The second-order valence-corrected chi connectivity index (χ2v) is 6.01. The number of hydrogen-bond acceptors (Lipinski definition) is 7. The summed E-state index contributed by atoms with van der Waals surface area (Å²) >= 11 is 0. The Morgan fingerprint density at radius 2 is 1.96 bits per heavy atom. The molecule has 12 heteroatoms. The zero-order chi connectivity index (χ0) is 19.8. The number of nitrogens with one attached hydrogen (secondary N) is 1. The third-order valence-corrected chi connectivity index (χ3v) is 4.19. The van der Waals surface area contributed by atoms with Crippen LogP contribution in [0.25, 0.3) is 17.0 Å². The van der Waals surface area contributed by atoms with E-state index in [-0.39, 0.29) is 23.5 Å². The maximum absolute atomic E-state index is 12.4. The summed E-state index contributed by atoms with van der Waals surface area (Å²) in [6, 6.07) is 3.32. The van der Waals surface area contributed by atoms with Gasteiger partial charge in [-0.15, -0.1) is 0 Å². The Labute approximate surface area is 156 Å². The van der Waals surface area contributed by atoms with Gasteiger partial charge in [0.2, 0.25) is 5.91 Å². The monoisotopic (exact) mass is 381 g/mol. The SMILES string of the molecule is Cn1c(=O)c2c(ncn2CC(=O)Nc2cc(-n3cccn3)ncn2)n(C)c1=O. The molecule has 142 valence electrons. The summed E-state index contributed by atoms with van der Waals surface area (Å²) in [7, 11) is 2.89. The molecular formula is C16H15N9O3. The van der Waals surface area contributed by atoms with Gasteiger partial charge in [-0.2, -0.15) is 5.10 Å². The number of nitrogens with zero attached hydrogens (tertiary/aromatic N) is 8. The Morgan fingerprint density at radius 1 is 1.14 bits per heavy atom. The van der Waals surface area contributed by atoms with Crippen LogP contribution >= 0.6 is 0 Å². The molecule has 0 bridgehead atoms. The molecule has 4 aromatic heterocycles. The molecule has 0 aliphatic carbocycles. The number of rotatable bonds is 4. The van der Waals surface area contributed by atoms with Gasteiger partial charge in [0.05, 0.1) is 6.33 Å². The first-order valence-corrected chi connectivity index (χ1v) is 8.18. The van der Waals surface area contributed by atoms with Gasteiger partial charge in [0.1, 0.15) is 18.7 Å². The summed E-state index contributed by atoms with van der Waals surface area (Å²) in [5.41, 5.74) is -0.630. The molecule has 0 unspecified atom stereocenters. The van der Waals surface area contributed by atoms with Gasteiger partial charge in [-0.1, -0.05) is 0 Å². The van der Waals surface area contributed by atoms with Crippen LogP contribution in [0.1, 0.15) is 0 Å². The van der Waals surface area contributed by atoms with E-state index in [1.54, 1.807) is 24.5 Å².